The van der Waals surface area contributed by atoms with Crippen LogP contribution >= 0.6 is 0 Å². The summed E-state index contributed by atoms with van der Waals surface area (Å²) in [5.41, 5.74) is 36.8. The van der Waals surface area contributed by atoms with Gasteiger partial charge in [-0.1, -0.05) is 205 Å². The van der Waals surface area contributed by atoms with Crippen LogP contribution < -0.4 is 0 Å². The van der Waals surface area contributed by atoms with E-state index in [2.05, 4.69) is 362 Å². The van der Waals surface area contributed by atoms with Crippen LogP contribution in [0.25, 0.3) is 198 Å². The van der Waals surface area contributed by atoms with Crippen molar-refractivity contribution < 1.29 is 0 Å². The van der Waals surface area contributed by atoms with Gasteiger partial charge in [-0.05, 0) is 227 Å². The van der Waals surface area contributed by atoms with Gasteiger partial charge in [-0.25, -0.2) is 0 Å². The topological polar surface area (TPSA) is 140 Å². The van der Waals surface area contributed by atoms with Gasteiger partial charge in [0.15, 0.2) is 0 Å². The third kappa shape index (κ3) is 12.7. The van der Waals surface area contributed by atoms with Crippen LogP contribution in [-0.4, -0.2) is 42.4 Å². The Balaban J connectivity index is 0.000000113. The molecule has 15 aromatic carbocycles. The predicted molar refractivity (Wildman–Crippen MR) is 527 cm³/mol. The number of hydrogen-bond donors (Lipinski definition) is 0. The van der Waals surface area contributed by atoms with Crippen LogP contribution in [0.2, 0.25) is 0 Å². The highest BCUT2D eigenvalue weighted by Crippen LogP contribution is 2.48. The van der Waals surface area contributed by atoms with Gasteiger partial charge in [0.25, 0.3) is 0 Å². The van der Waals surface area contributed by atoms with E-state index in [0.717, 1.165) is 134 Å². The van der Waals surface area contributed by atoms with Gasteiger partial charge in [0.1, 0.15) is 0 Å². The van der Waals surface area contributed by atoms with E-state index in [-0.39, 0.29) is 0 Å². The molecule has 0 aliphatic carbocycles. The molecule has 12 nitrogen and oxygen atoms in total. The first-order chi connectivity index (χ1) is 62.6. The van der Waals surface area contributed by atoms with Gasteiger partial charge in [-0.3, -0.25) is 15.0 Å². The van der Waals surface area contributed by atoms with E-state index in [1.807, 2.05) is 91.8 Å². The lowest BCUT2D eigenvalue weighted by atomic mass is 10.0. The molecule has 24 aromatic rings. The zero-order valence-electron chi connectivity index (χ0n) is 71.9. The van der Waals surface area contributed by atoms with Crippen molar-refractivity contribution in [1.29, 1.82) is 15.8 Å². The number of pyridine rings is 3. The molecule has 12 heteroatoms. The molecule has 0 spiro atoms. The maximum Gasteiger partial charge on any atom is 0.0991 e. The molecule has 0 fully saturated rings. The van der Waals surface area contributed by atoms with Crippen molar-refractivity contribution >= 4 is 131 Å². The number of aryl methyl sites for hydroxylation is 8. The Morgan fingerprint density at radius 1 is 0.180 bits per heavy atom. The van der Waals surface area contributed by atoms with Crippen LogP contribution in [0, 0.1) is 89.4 Å². The van der Waals surface area contributed by atoms with E-state index in [1.54, 1.807) is 0 Å². The van der Waals surface area contributed by atoms with Gasteiger partial charge in [0.2, 0.25) is 0 Å². The van der Waals surface area contributed by atoms with Crippen molar-refractivity contribution in [3.63, 3.8) is 0 Å². The molecule has 0 saturated carbocycles. The van der Waals surface area contributed by atoms with Crippen LogP contribution in [0.4, 0.5) is 0 Å². The number of rotatable bonds is 9. The third-order valence-corrected chi connectivity index (χ3v) is 25.5. The molecule has 0 radical (unpaired) electrons. The molecule has 0 unspecified atom stereocenters. The molecule has 0 bridgehead atoms. The Morgan fingerprint density at radius 2 is 0.375 bits per heavy atom. The van der Waals surface area contributed by atoms with Crippen LogP contribution in [-0.2, 0) is 0 Å². The summed E-state index contributed by atoms with van der Waals surface area (Å²) in [7, 11) is 0. The fraction of sp³-hybridized carbons (Fsp3) is 0.0690. The fourth-order valence-corrected chi connectivity index (χ4v) is 19.8. The molecule has 0 N–H and O–H groups in total. The van der Waals surface area contributed by atoms with Gasteiger partial charge in [-0.15, -0.1) is 0 Å². The second kappa shape index (κ2) is 30.8. The Bertz CT molecular complexity index is 8400. The van der Waals surface area contributed by atoms with Crippen molar-refractivity contribution in [1.82, 2.24) is 42.4 Å². The number of para-hydroxylation sites is 4. The SMILES string of the molecule is Cc1ccc2c(c1)c1ccccc1n2-c1cncc(-n2c3ccccc3c3cc(C)ccc32)c1-c1cccc(C#N)c1.Cc1ccc2c3ccc(C)cc3n(-c3cncc(-n4c5cc(C)ccc5c5ccc(C)cc54)c3-c3cccc(C#N)c3)c2c1.Cc1ccc2c3ccccc3n(-c3cncc(-n4c5ccccc5c5ccc(C)cc54)c3-c3cccc(C#N)c3)c2c1. The lowest BCUT2D eigenvalue weighted by Crippen LogP contribution is -2.05. The first-order valence-electron chi connectivity index (χ1n) is 43.2. The van der Waals surface area contributed by atoms with Crippen molar-refractivity contribution in [3.05, 3.63) is 414 Å². The molecule has 0 aliphatic heterocycles. The number of nitrogens with zero attached hydrogens (tertiary/aromatic N) is 12. The first kappa shape index (κ1) is 77.1. The quantitative estimate of drug-likeness (QED) is 0.141. The van der Waals surface area contributed by atoms with Gasteiger partial charge in [0.05, 0.1) is 172 Å². The number of benzene rings is 15. The molecule has 0 amide bonds. The second-order valence-electron chi connectivity index (χ2n) is 34.0. The minimum absolute atomic E-state index is 0.622. The normalized spacial score (nSPS) is 11.6. The van der Waals surface area contributed by atoms with Gasteiger partial charge < -0.3 is 27.4 Å². The minimum atomic E-state index is 0.622. The van der Waals surface area contributed by atoms with Crippen LogP contribution in [0.3, 0.4) is 0 Å². The minimum Gasteiger partial charge on any atom is -0.307 e. The highest BCUT2D eigenvalue weighted by atomic mass is 15.1. The van der Waals surface area contributed by atoms with E-state index in [4.69, 9.17) is 15.0 Å². The zero-order valence-corrected chi connectivity index (χ0v) is 71.9. The third-order valence-electron chi connectivity index (χ3n) is 25.5. The Hall–Kier alpha value is -17.0. The van der Waals surface area contributed by atoms with Crippen molar-refractivity contribution in [2.45, 2.75) is 55.4 Å². The van der Waals surface area contributed by atoms with Crippen molar-refractivity contribution in [3.8, 4) is 85.7 Å². The molecule has 0 saturated heterocycles. The monoisotopic (exact) mass is 1640 g/mol. The van der Waals surface area contributed by atoms with Gasteiger partial charge in [-0.2, -0.15) is 15.8 Å². The average molecular weight is 1640 g/mol. The second-order valence-corrected chi connectivity index (χ2v) is 34.0. The standard InChI is InChI=1S/C40H30N4.2C38H26N4/c1-24-8-12-30-31-13-9-25(2)17-35(31)43(34(30)16-24)38-22-42-23-39(40(38)29-7-5-6-28(20-29)21-41)44-36-18-26(3)10-14-32(36)33-15-11-27(4)19-37(33)44;1-24-14-16-34-30(18-24)28-10-3-5-12-32(28)41(34)36-22-40-23-37(38(36)27-9-7-8-26(20-27)21-39)42-33-13-6-4-11-29(33)31-19-25(2)15-17-35(31)42;1-24-14-16-30-28-10-3-5-12-32(28)41(34(30)18-24)36-22-40-23-37(38(36)27-9-7-8-26(20-27)21-39)42-33-13-6-4-11-29(33)31-17-15-25(2)19-35(31)42/h5-20,22-23H,1-4H3;2*3-20,22-23H,1-2H3. The fourth-order valence-electron chi connectivity index (χ4n) is 19.8. The maximum absolute atomic E-state index is 9.93. The average Bonchev–Trinajstić information content (AvgIpc) is 1.57. The molecular weight excluding hydrogens is 1560 g/mol. The van der Waals surface area contributed by atoms with Crippen LogP contribution in [0.15, 0.2) is 353 Å². The summed E-state index contributed by atoms with van der Waals surface area (Å²) < 4.78 is 14.0. The summed E-state index contributed by atoms with van der Waals surface area (Å²) >= 11 is 0. The number of nitriles is 3. The molecular formula is C116H82N12. The van der Waals surface area contributed by atoms with Crippen molar-refractivity contribution in [2.75, 3.05) is 0 Å². The molecule has 0 atom stereocenters. The summed E-state index contributed by atoms with van der Waals surface area (Å²) in [5, 5.41) is 44.1. The maximum atomic E-state index is 9.93. The van der Waals surface area contributed by atoms with Crippen LogP contribution in [0.1, 0.15) is 61.2 Å². The smallest absolute Gasteiger partial charge is 0.0991 e. The molecule has 128 heavy (non-hydrogen) atoms. The lowest BCUT2D eigenvalue weighted by molar-refractivity contribution is 1.09. The van der Waals surface area contributed by atoms with Gasteiger partial charge in [0, 0.05) is 81.3 Å². The Labute approximate surface area is 739 Å². The molecule has 9 aromatic heterocycles. The summed E-state index contributed by atoms with van der Waals surface area (Å²) in [4.78, 5) is 14.7. The summed E-state index contributed by atoms with van der Waals surface area (Å²) in [6, 6.07) is 118. The highest BCUT2D eigenvalue weighted by Gasteiger charge is 2.28. The number of hydrogen-bond acceptors (Lipinski definition) is 6. The van der Waals surface area contributed by atoms with E-state index >= 15 is 0 Å². The molecule has 9 heterocycles. The largest absolute Gasteiger partial charge is 0.307 e. The van der Waals surface area contributed by atoms with E-state index in [0.29, 0.717) is 16.7 Å². The van der Waals surface area contributed by atoms with Crippen LogP contribution in [0.5, 0.6) is 0 Å². The highest BCUT2D eigenvalue weighted by molar-refractivity contribution is 6.17. The van der Waals surface area contributed by atoms with E-state index in [9.17, 15) is 15.8 Å². The Morgan fingerprint density at radius 3 is 0.625 bits per heavy atom. The molecule has 0 aliphatic rings. The Kier molecular flexibility index (Phi) is 18.6. The number of fused-ring (bicyclic) bond motifs is 18. The van der Waals surface area contributed by atoms with Crippen molar-refractivity contribution in [2.24, 2.45) is 0 Å². The lowest BCUT2D eigenvalue weighted by Gasteiger charge is -2.20. The summed E-state index contributed by atoms with van der Waals surface area (Å²) in [6.07, 6.45) is 11.8. The van der Waals surface area contributed by atoms with E-state index in [1.165, 1.54) is 109 Å². The zero-order chi connectivity index (χ0) is 86.9. The van der Waals surface area contributed by atoms with Gasteiger partial charge >= 0.3 is 0 Å². The summed E-state index contributed by atoms with van der Waals surface area (Å²) in [5.74, 6) is 0. The first-order valence-corrected chi connectivity index (χ1v) is 43.2. The molecule has 606 valence electrons. The number of aromatic nitrogens is 9. The predicted octanol–water partition coefficient (Wildman–Crippen LogP) is 28.9. The summed E-state index contributed by atoms with van der Waals surface area (Å²) in [6.45, 7) is 17.1. The van der Waals surface area contributed by atoms with E-state index < -0.39 is 0 Å². The molecule has 24 rings (SSSR count).